The van der Waals surface area contributed by atoms with Crippen LogP contribution in [0, 0.1) is 6.92 Å². The van der Waals surface area contributed by atoms with Gasteiger partial charge in [0.2, 0.25) is 0 Å². The predicted molar refractivity (Wildman–Crippen MR) is 114 cm³/mol. The lowest BCUT2D eigenvalue weighted by molar-refractivity contribution is 0.0746. The highest BCUT2D eigenvalue weighted by Crippen LogP contribution is 2.24. The Bertz CT molecular complexity index is 1030. The molecule has 0 aliphatic carbocycles. The molecule has 29 heavy (non-hydrogen) atoms. The van der Waals surface area contributed by atoms with Crippen molar-refractivity contribution in [1.29, 1.82) is 0 Å². The van der Waals surface area contributed by atoms with Crippen molar-refractivity contribution < 1.29 is 14.3 Å². The highest BCUT2D eigenvalue weighted by Gasteiger charge is 2.24. The highest BCUT2D eigenvalue weighted by molar-refractivity contribution is 5.99. The van der Waals surface area contributed by atoms with Crippen LogP contribution < -0.4 is 14.4 Å². The zero-order chi connectivity index (χ0) is 20.4. The number of amides is 1. The van der Waals surface area contributed by atoms with Crippen LogP contribution in [0.2, 0.25) is 0 Å². The Morgan fingerprint density at radius 2 is 1.55 bits per heavy atom. The van der Waals surface area contributed by atoms with Gasteiger partial charge in [0.15, 0.2) is 0 Å². The Morgan fingerprint density at radius 1 is 0.897 bits per heavy atom. The van der Waals surface area contributed by atoms with Crippen LogP contribution in [0.15, 0.2) is 48.5 Å². The van der Waals surface area contributed by atoms with Crippen molar-refractivity contribution in [3.63, 3.8) is 0 Å². The average molecular weight is 391 g/mol. The molecule has 0 N–H and O–H groups in total. The second-order valence-corrected chi connectivity index (χ2v) is 7.16. The molecule has 4 rings (SSSR count). The van der Waals surface area contributed by atoms with Gasteiger partial charge >= 0.3 is 0 Å². The van der Waals surface area contributed by atoms with Crippen LogP contribution in [0.4, 0.5) is 5.69 Å². The molecule has 0 saturated carbocycles. The molecule has 6 nitrogen and oxygen atoms in total. The molecule has 150 valence electrons. The second-order valence-electron chi connectivity index (χ2n) is 7.16. The van der Waals surface area contributed by atoms with E-state index in [1.54, 1.807) is 14.2 Å². The minimum atomic E-state index is 0.0436. The molecule has 1 aromatic heterocycles. The van der Waals surface area contributed by atoms with Crippen molar-refractivity contribution in [2.24, 2.45) is 0 Å². The topological polar surface area (TPSA) is 54.9 Å². The summed E-state index contributed by atoms with van der Waals surface area (Å²) in [6.07, 6.45) is 0. The van der Waals surface area contributed by atoms with Gasteiger partial charge in [-0.1, -0.05) is 0 Å². The van der Waals surface area contributed by atoms with Crippen LogP contribution in [0.5, 0.6) is 11.5 Å². The molecule has 0 unspecified atom stereocenters. The number of aryl methyl sites for hydroxylation is 1. The molecule has 3 aromatic rings. The van der Waals surface area contributed by atoms with E-state index in [9.17, 15) is 4.79 Å². The van der Waals surface area contributed by atoms with E-state index in [1.807, 2.05) is 48.2 Å². The van der Waals surface area contributed by atoms with Crippen LogP contribution in [0.1, 0.15) is 16.1 Å². The second kappa shape index (κ2) is 7.99. The normalized spacial score (nSPS) is 14.2. The average Bonchev–Trinajstić information content (AvgIpc) is 2.78. The lowest BCUT2D eigenvalue weighted by Gasteiger charge is -2.36. The van der Waals surface area contributed by atoms with E-state index in [1.165, 1.54) is 0 Å². The van der Waals surface area contributed by atoms with Crippen molar-refractivity contribution in [2.45, 2.75) is 6.92 Å². The molecule has 0 radical (unpaired) electrons. The van der Waals surface area contributed by atoms with Gasteiger partial charge in [0.05, 0.1) is 31.0 Å². The fourth-order valence-electron chi connectivity index (χ4n) is 3.72. The van der Waals surface area contributed by atoms with Crippen LogP contribution in [0.25, 0.3) is 10.9 Å². The number of carbonyl (C=O) groups excluding carboxylic acids is 1. The van der Waals surface area contributed by atoms with Gasteiger partial charge in [-0.3, -0.25) is 9.78 Å². The van der Waals surface area contributed by atoms with Gasteiger partial charge in [0.1, 0.15) is 11.5 Å². The molecule has 1 fully saturated rings. The minimum absolute atomic E-state index is 0.0436. The Morgan fingerprint density at radius 3 is 2.21 bits per heavy atom. The molecule has 1 amide bonds. The third-order valence-corrected chi connectivity index (χ3v) is 5.45. The number of benzene rings is 2. The van der Waals surface area contributed by atoms with Crippen molar-refractivity contribution >= 4 is 22.5 Å². The third-order valence-electron chi connectivity index (χ3n) is 5.45. The van der Waals surface area contributed by atoms with Gasteiger partial charge in [-0.05, 0) is 49.4 Å². The summed E-state index contributed by atoms with van der Waals surface area (Å²) in [6.45, 7) is 4.86. The van der Waals surface area contributed by atoms with Crippen LogP contribution >= 0.6 is 0 Å². The monoisotopic (exact) mass is 391 g/mol. The summed E-state index contributed by atoms with van der Waals surface area (Å²) in [6, 6.07) is 15.7. The molecule has 0 spiro atoms. The number of rotatable bonds is 4. The zero-order valence-electron chi connectivity index (χ0n) is 17.0. The van der Waals surface area contributed by atoms with E-state index in [0.29, 0.717) is 18.7 Å². The van der Waals surface area contributed by atoms with Crippen LogP contribution in [-0.2, 0) is 0 Å². The molecular formula is C23H25N3O3. The Kier molecular flexibility index (Phi) is 5.25. The number of pyridine rings is 1. The maximum Gasteiger partial charge on any atom is 0.255 e. The van der Waals surface area contributed by atoms with Crippen molar-refractivity contribution in [1.82, 2.24) is 9.88 Å². The number of piperazine rings is 1. The fourth-order valence-corrected chi connectivity index (χ4v) is 3.72. The maximum atomic E-state index is 13.1. The number of carbonyl (C=O) groups is 1. The summed E-state index contributed by atoms with van der Waals surface area (Å²) >= 11 is 0. The van der Waals surface area contributed by atoms with Gasteiger partial charge < -0.3 is 19.3 Å². The molecule has 6 heteroatoms. The zero-order valence-corrected chi connectivity index (χ0v) is 17.0. The quantitative estimate of drug-likeness (QED) is 0.681. The van der Waals surface area contributed by atoms with Crippen LogP contribution in [0.3, 0.4) is 0 Å². The van der Waals surface area contributed by atoms with E-state index in [-0.39, 0.29) is 5.91 Å². The molecule has 0 atom stereocenters. The standard InChI is InChI=1S/C23H25N3O3/c1-16-21(14-17-4-7-20(29-3)15-22(17)24-16)23(27)26-12-10-25(11-13-26)18-5-8-19(28-2)9-6-18/h4-9,14-15H,10-13H2,1-3H3. The number of ether oxygens (including phenoxy) is 2. The summed E-state index contributed by atoms with van der Waals surface area (Å²) in [7, 11) is 3.30. The van der Waals surface area contributed by atoms with Crippen molar-refractivity contribution in [2.75, 3.05) is 45.3 Å². The van der Waals surface area contributed by atoms with Gasteiger partial charge in [0.25, 0.3) is 5.91 Å². The first kappa shape index (κ1) is 19.1. The van der Waals surface area contributed by atoms with Crippen molar-refractivity contribution in [3.05, 3.63) is 59.8 Å². The number of hydrogen-bond acceptors (Lipinski definition) is 5. The molecule has 1 saturated heterocycles. The van der Waals surface area contributed by atoms with E-state index in [0.717, 1.165) is 46.9 Å². The van der Waals surface area contributed by atoms with E-state index >= 15 is 0 Å². The molecule has 1 aliphatic rings. The Hall–Kier alpha value is -3.28. The fraction of sp³-hybridized carbons (Fsp3) is 0.304. The van der Waals surface area contributed by atoms with Crippen molar-refractivity contribution in [3.8, 4) is 11.5 Å². The first-order valence-corrected chi connectivity index (χ1v) is 9.72. The van der Waals surface area contributed by atoms with Gasteiger partial charge in [-0.2, -0.15) is 0 Å². The van der Waals surface area contributed by atoms with E-state index in [4.69, 9.17) is 9.47 Å². The number of fused-ring (bicyclic) bond motifs is 1. The molecular weight excluding hydrogens is 366 g/mol. The van der Waals surface area contributed by atoms with Crippen LogP contribution in [-0.4, -0.2) is 56.2 Å². The summed E-state index contributed by atoms with van der Waals surface area (Å²) in [5, 5.41) is 0.941. The predicted octanol–water partition coefficient (Wildman–Crippen LogP) is 3.52. The number of hydrogen-bond donors (Lipinski definition) is 0. The molecule has 2 aromatic carbocycles. The molecule has 1 aliphatic heterocycles. The number of anilines is 1. The molecule has 0 bridgehead atoms. The summed E-state index contributed by atoms with van der Waals surface area (Å²) in [5.74, 6) is 1.65. The smallest absolute Gasteiger partial charge is 0.255 e. The third kappa shape index (κ3) is 3.83. The number of methoxy groups -OCH3 is 2. The first-order chi connectivity index (χ1) is 14.1. The largest absolute Gasteiger partial charge is 0.497 e. The van der Waals surface area contributed by atoms with Gasteiger partial charge in [-0.15, -0.1) is 0 Å². The van der Waals surface area contributed by atoms with Gasteiger partial charge in [-0.25, -0.2) is 0 Å². The minimum Gasteiger partial charge on any atom is -0.497 e. The van der Waals surface area contributed by atoms with E-state index in [2.05, 4.69) is 22.0 Å². The Balaban J connectivity index is 1.48. The highest BCUT2D eigenvalue weighted by atomic mass is 16.5. The summed E-state index contributed by atoms with van der Waals surface area (Å²) < 4.78 is 10.5. The first-order valence-electron chi connectivity index (χ1n) is 9.72. The maximum absolute atomic E-state index is 13.1. The summed E-state index contributed by atoms with van der Waals surface area (Å²) in [4.78, 5) is 22.0. The number of nitrogens with zero attached hydrogens (tertiary/aromatic N) is 3. The Labute approximate surface area is 170 Å². The SMILES string of the molecule is COc1ccc(N2CCN(C(=O)c3cc4ccc(OC)cc4nc3C)CC2)cc1. The van der Waals surface area contributed by atoms with Gasteiger partial charge in [0, 0.05) is 43.3 Å². The molecule has 2 heterocycles. The van der Waals surface area contributed by atoms with E-state index < -0.39 is 0 Å². The number of aromatic nitrogens is 1. The lowest BCUT2D eigenvalue weighted by Crippen LogP contribution is -2.49. The lowest BCUT2D eigenvalue weighted by atomic mass is 10.1. The summed E-state index contributed by atoms with van der Waals surface area (Å²) in [5.41, 5.74) is 3.40.